The first-order chi connectivity index (χ1) is 17.3. The third-order valence-electron chi connectivity index (χ3n) is 5.72. The number of rotatable bonds is 9. The Morgan fingerprint density at radius 1 is 0.972 bits per heavy atom. The molecule has 0 spiro atoms. The Bertz CT molecular complexity index is 1300. The topological polar surface area (TPSA) is 92.8 Å². The summed E-state index contributed by atoms with van der Waals surface area (Å²) in [7, 11) is 0. The van der Waals surface area contributed by atoms with Gasteiger partial charge in [-0.05, 0) is 61.0 Å². The number of nitrogens with one attached hydrogen (secondary N) is 1. The zero-order valence-corrected chi connectivity index (χ0v) is 20.6. The molecule has 1 aliphatic rings. The monoisotopic (exact) mass is 524 g/mol. The number of carbonyl (C=O) groups excluding carboxylic acids is 4. The molecular weight excluding hydrogens is 503 g/mol. The summed E-state index contributed by atoms with van der Waals surface area (Å²) < 4.78 is 5.10. The Morgan fingerprint density at radius 3 is 2.39 bits per heavy atom. The number of nitrogens with zero attached hydrogens (tertiary/aromatic N) is 1. The molecule has 3 aromatic carbocycles. The molecule has 36 heavy (non-hydrogen) atoms. The van der Waals surface area contributed by atoms with E-state index in [0.717, 1.165) is 16.9 Å². The number of esters is 1. The second kappa shape index (κ2) is 11.5. The number of amides is 2. The Balaban J connectivity index is 1.32. The van der Waals surface area contributed by atoms with Crippen LogP contribution in [0.2, 0.25) is 10.0 Å². The summed E-state index contributed by atoms with van der Waals surface area (Å²) in [5.74, 6) is -1.85. The van der Waals surface area contributed by atoms with Gasteiger partial charge in [0, 0.05) is 10.6 Å². The van der Waals surface area contributed by atoms with E-state index in [4.69, 9.17) is 27.9 Å². The van der Waals surface area contributed by atoms with E-state index < -0.39 is 24.4 Å². The van der Waals surface area contributed by atoms with Crippen molar-refractivity contribution in [2.24, 2.45) is 0 Å². The fourth-order valence-electron chi connectivity index (χ4n) is 3.85. The fraction of sp³-hybridized carbons (Fsp3) is 0.185. The van der Waals surface area contributed by atoms with Crippen molar-refractivity contribution in [2.75, 3.05) is 18.1 Å². The lowest BCUT2D eigenvalue weighted by Gasteiger charge is -2.16. The zero-order chi connectivity index (χ0) is 25.7. The number of ether oxygens (including phenoxy) is 1. The van der Waals surface area contributed by atoms with Crippen molar-refractivity contribution in [1.29, 1.82) is 0 Å². The van der Waals surface area contributed by atoms with Crippen LogP contribution in [0.5, 0.6) is 0 Å². The normalized spacial score (nSPS) is 15.3. The van der Waals surface area contributed by atoms with E-state index in [-0.39, 0.29) is 34.4 Å². The average Bonchev–Trinajstić information content (AvgIpc) is 3.15. The van der Waals surface area contributed by atoms with Crippen LogP contribution >= 0.6 is 23.2 Å². The molecule has 0 aromatic heterocycles. The molecule has 3 aromatic rings. The minimum absolute atomic E-state index is 0.0623. The maximum Gasteiger partial charge on any atom is 0.338 e. The van der Waals surface area contributed by atoms with Crippen LogP contribution in [0.4, 0.5) is 5.69 Å². The van der Waals surface area contributed by atoms with Gasteiger partial charge in [-0.3, -0.25) is 14.4 Å². The predicted molar refractivity (Wildman–Crippen MR) is 137 cm³/mol. The van der Waals surface area contributed by atoms with Gasteiger partial charge in [-0.1, -0.05) is 53.5 Å². The van der Waals surface area contributed by atoms with Gasteiger partial charge >= 0.3 is 5.97 Å². The summed E-state index contributed by atoms with van der Waals surface area (Å²) in [6.07, 6.45) is 0.801. The smallest absolute Gasteiger partial charge is 0.338 e. The van der Waals surface area contributed by atoms with Crippen molar-refractivity contribution in [1.82, 2.24) is 5.32 Å². The van der Waals surface area contributed by atoms with Gasteiger partial charge in [-0.25, -0.2) is 9.69 Å². The number of Topliss-reactive ketones (excluding diaryl/α,β-unsaturated/α-hetero) is 1. The van der Waals surface area contributed by atoms with Crippen LogP contribution in [0.1, 0.15) is 32.7 Å². The summed E-state index contributed by atoms with van der Waals surface area (Å²) in [5, 5.41) is 3.71. The van der Waals surface area contributed by atoms with Crippen LogP contribution in [-0.4, -0.2) is 42.8 Å². The van der Waals surface area contributed by atoms with Crippen LogP contribution in [-0.2, 0) is 20.7 Å². The number of imide groups is 1. The second-order valence-corrected chi connectivity index (χ2v) is 9.03. The molecule has 9 heteroatoms. The molecule has 1 aliphatic heterocycles. The Hall–Kier alpha value is -3.52. The number of anilines is 1. The highest BCUT2D eigenvalue weighted by molar-refractivity contribution is 6.36. The fourth-order valence-corrected chi connectivity index (χ4v) is 4.37. The summed E-state index contributed by atoms with van der Waals surface area (Å²) in [4.78, 5) is 51.2. The number of hydrogen-bond donors (Lipinski definition) is 1. The third kappa shape index (κ3) is 5.99. The predicted octanol–water partition coefficient (Wildman–Crippen LogP) is 4.50. The van der Waals surface area contributed by atoms with E-state index >= 15 is 0 Å². The number of halogens is 2. The second-order valence-electron chi connectivity index (χ2n) is 8.18. The first-order valence-electron chi connectivity index (χ1n) is 11.2. The molecular formula is C27H22Cl2N2O5. The van der Waals surface area contributed by atoms with E-state index in [1.165, 1.54) is 42.5 Å². The Kier molecular flexibility index (Phi) is 8.15. The van der Waals surface area contributed by atoms with Gasteiger partial charge in [0.25, 0.3) is 5.91 Å². The Morgan fingerprint density at radius 2 is 1.69 bits per heavy atom. The van der Waals surface area contributed by atoms with Crippen LogP contribution in [0.3, 0.4) is 0 Å². The van der Waals surface area contributed by atoms with E-state index in [1.54, 1.807) is 0 Å². The summed E-state index contributed by atoms with van der Waals surface area (Å²) >= 11 is 11.8. The number of carbonyl (C=O) groups is 4. The first kappa shape index (κ1) is 25.6. The minimum Gasteiger partial charge on any atom is -0.454 e. The molecule has 184 valence electrons. The maximum absolute atomic E-state index is 12.8. The van der Waals surface area contributed by atoms with Crippen molar-refractivity contribution in [3.8, 4) is 0 Å². The standard InChI is InChI=1S/C27H22Cl2N2O5/c28-19-8-11-21(22(29)14-19)24(32)16-36-27(35)18-6-9-20(10-7-18)31-25(33)15-23(26(31)34)30-13-12-17-4-2-1-3-5-17/h1-11,14,23,30H,12-13,15-16H2. The minimum atomic E-state index is -0.723. The highest BCUT2D eigenvalue weighted by Gasteiger charge is 2.39. The van der Waals surface area contributed by atoms with Crippen LogP contribution in [0.25, 0.3) is 0 Å². The van der Waals surface area contributed by atoms with E-state index in [0.29, 0.717) is 17.3 Å². The molecule has 1 unspecified atom stereocenters. The molecule has 1 atom stereocenters. The number of ketones is 1. The van der Waals surface area contributed by atoms with E-state index in [2.05, 4.69) is 5.32 Å². The lowest BCUT2D eigenvalue weighted by Crippen LogP contribution is -2.39. The summed E-state index contributed by atoms with van der Waals surface area (Å²) in [5.41, 5.74) is 1.87. The summed E-state index contributed by atoms with van der Waals surface area (Å²) in [6.45, 7) is 0.0631. The van der Waals surface area contributed by atoms with Gasteiger partial charge in [0.2, 0.25) is 11.7 Å². The quantitative estimate of drug-likeness (QED) is 0.251. The Labute approximate surface area is 218 Å². The molecule has 7 nitrogen and oxygen atoms in total. The van der Waals surface area contributed by atoms with Gasteiger partial charge < -0.3 is 10.1 Å². The van der Waals surface area contributed by atoms with Gasteiger partial charge in [0.15, 0.2) is 6.61 Å². The maximum atomic E-state index is 12.8. The molecule has 1 N–H and O–H groups in total. The molecule has 0 radical (unpaired) electrons. The molecule has 4 rings (SSSR count). The molecule has 0 saturated carbocycles. The summed E-state index contributed by atoms with van der Waals surface area (Å²) in [6, 6.07) is 19.5. The highest BCUT2D eigenvalue weighted by Crippen LogP contribution is 2.24. The van der Waals surface area contributed by atoms with Gasteiger partial charge in [0.05, 0.1) is 28.7 Å². The van der Waals surface area contributed by atoms with Crippen molar-refractivity contribution in [3.63, 3.8) is 0 Å². The lowest BCUT2D eigenvalue weighted by atomic mass is 10.1. The number of hydrogen-bond acceptors (Lipinski definition) is 6. The van der Waals surface area contributed by atoms with Gasteiger partial charge in [-0.15, -0.1) is 0 Å². The third-order valence-corrected chi connectivity index (χ3v) is 6.27. The van der Waals surface area contributed by atoms with Crippen molar-refractivity contribution in [3.05, 3.63) is 99.5 Å². The molecule has 0 aliphatic carbocycles. The molecule has 1 heterocycles. The zero-order valence-electron chi connectivity index (χ0n) is 19.1. The average molecular weight is 525 g/mol. The molecule has 1 saturated heterocycles. The molecule has 2 amide bonds. The van der Waals surface area contributed by atoms with Crippen molar-refractivity contribution in [2.45, 2.75) is 18.9 Å². The number of benzene rings is 3. The van der Waals surface area contributed by atoms with Gasteiger partial charge in [-0.2, -0.15) is 0 Å². The van der Waals surface area contributed by atoms with Gasteiger partial charge in [0.1, 0.15) is 0 Å². The van der Waals surface area contributed by atoms with Crippen LogP contribution in [0, 0.1) is 0 Å². The lowest BCUT2D eigenvalue weighted by molar-refractivity contribution is -0.121. The molecule has 0 bridgehead atoms. The van der Waals surface area contributed by atoms with Crippen LogP contribution < -0.4 is 10.2 Å². The SMILES string of the molecule is O=C(OCC(=O)c1ccc(Cl)cc1Cl)c1ccc(N2C(=O)CC(NCCc3ccccc3)C2=O)cc1. The molecule has 1 fully saturated rings. The van der Waals surface area contributed by atoms with Crippen LogP contribution in [0.15, 0.2) is 72.8 Å². The van der Waals surface area contributed by atoms with Crippen molar-refractivity contribution < 1.29 is 23.9 Å². The van der Waals surface area contributed by atoms with Crippen molar-refractivity contribution >= 4 is 52.5 Å². The highest BCUT2D eigenvalue weighted by atomic mass is 35.5. The largest absolute Gasteiger partial charge is 0.454 e. The van der Waals surface area contributed by atoms with E-state index in [1.807, 2.05) is 30.3 Å². The van der Waals surface area contributed by atoms with E-state index in [9.17, 15) is 19.2 Å². The first-order valence-corrected chi connectivity index (χ1v) is 12.0.